The van der Waals surface area contributed by atoms with Crippen LogP contribution in [0.15, 0.2) is 23.1 Å². The van der Waals surface area contributed by atoms with Crippen molar-refractivity contribution in [2.75, 3.05) is 11.5 Å². The zero-order valence-electron chi connectivity index (χ0n) is 10.9. The summed E-state index contributed by atoms with van der Waals surface area (Å²) in [4.78, 5) is 0.304. The third-order valence-corrected chi connectivity index (χ3v) is 6.00. The first-order chi connectivity index (χ1) is 9.06. The molecule has 1 unspecified atom stereocenters. The maximum absolute atomic E-state index is 12.4. The van der Waals surface area contributed by atoms with Gasteiger partial charge >= 0.3 is 0 Å². The van der Waals surface area contributed by atoms with Crippen LogP contribution in [0.25, 0.3) is 0 Å². The normalized spacial score (nSPS) is 19.8. The molecule has 0 amide bonds. The van der Waals surface area contributed by atoms with Crippen molar-refractivity contribution in [3.05, 3.63) is 29.3 Å². The molecular weight excluding hydrogens is 282 g/mol. The molecule has 6 heteroatoms. The van der Waals surface area contributed by atoms with Gasteiger partial charge in [-0.05, 0) is 35.8 Å². The second-order valence-corrected chi connectivity index (χ2v) is 7.47. The molecule has 0 aliphatic carbocycles. The molecule has 1 aliphatic rings. The number of hydrogen-bond donors (Lipinski definition) is 2. The molecule has 0 aromatic heterocycles. The summed E-state index contributed by atoms with van der Waals surface area (Å²) in [6.45, 7) is 1.78. The van der Waals surface area contributed by atoms with Crippen LogP contribution >= 0.6 is 11.8 Å². The van der Waals surface area contributed by atoms with Crippen LogP contribution in [0.1, 0.15) is 24.5 Å². The molecule has 0 saturated carbocycles. The number of thioether (sulfide) groups is 1. The van der Waals surface area contributed by atoms with E-state index in [-0.39, 0.29) is 12.6 Å². The monoisotopic (exact) mass is 301 g/mol. The van der Waals surface area contributed by atoms with Gasteiger partial charge in [0.05, 0.1) is 11.5 Å². The van der Waals surface area contributed by atoms with Gasteiger partial charge in [0.15, 0.2) is 0 Å². The summed E-state index contributed by atoms with van der Waals surface area (Å²) in [7, 11) is -3.49. The van der Waals surface area contributed by atoms with Gasteiger partial charge in [-0.15, -0.1) is 0 Å². The van der Waals surface area contributed by atoms with E-state index in [0.29, 0.717) is 16.9 Å². The predicted octanol–water partition coefficient (Wildman–Crippen LogP) is 1.53. The number of nitrogens with one attached hydrogen (secondary N) is 1. The lowest BCUT2D eigenvalue weighted by atomic mass is 10.1. The molecule has 2 rings (SSSR count). The Hall–Kier alpha value is -0.560. The van der Waals surface area contributed by atoms with Crippen LogP contribution in [0.3, 0.4) is 0 Å². The molecule has 1 heterocycles. The largest absolute Gasteiger partial charge is 0.392 e. The van der Waals surface area contributed by atoms with Crippen molar-refractivity contribution in [1.82, 2.24) is 4.72 Å². The number of aliphatic hydroxyl groups excluding tert-OH is 1. The van der Waals surface area contributed by atoms with Gasteiger partial charge in [-0.3, -0.25) is 0 Å². The van der Waals surface area contributed by atoms with E-state index in [1.54, 1.807) is 30.0 Å². The fourth-order valence-electron chi connectivity index (χ4n) is 2.15. The fourth-order valence-corrected chi connectivity index (χ4v) is 5.04. The van der Waals surface area contributed by atoms with Crippen molar-refractivity contribution in [3.8, 4) is 0 Å². The van der Waals surface area contributed by atoms with E-state index in [2.05, 4.69) is 4.72 Å². The number of aliphatic hydroxyl groups is 1. The van der Waals surface area contributed by atoms with Crippen molar-refractivity contribution in [1.29, 1.82) is 0 Å². The van der Waals surface area contributed by atoms with Crippen molar-refractivity contribution in [2.45, 2.75) is 37.3 Å². The first kappa shape index (κ1) is 14.8. The highest BCUT2D eigenvalue weighted by molar-refractivity contribution is 7.99. The van der Waals surface area contributed by atoms with E-state index in [4.69, 9.17) is 5.11 Å². The number of aryl methyl sites for hydroxylation is 1. The average molecular weight is 301 g/mol. The SMILES string of the molecule is CCc1ccc(CO)cc1S(=O)(=O)NC1CCSC1. The average Bonchev–Trinajstić information content (AvgIpc) is 2.90. The molecule has 1 fully saturated rings. The van der Waals surface area contributed by atoms with E-state index in [1.807, 2.05) is 6.92 Å². The molecule has 0 spiro atoms. The fraction of sp³-hybridized carbons (Fsp3) is 0.538. The van der Waals surface area contributed by atoms with E-state index in [9.17, 15) is 8.42 Å². The minimum absolute atomic E-state index is 0.0255. The molecule has 106 valence electrons. The smallest absolute Gasteiger partial charge is 0.241 e. The summed E-state index contributed by atoms with van der Waals surface area (Å²) in [6.07, 6.45) is 1.53. The van der Waals surface area contributed by atoms with Crippen LogP contribution in [0.5, 0.6) is 0 Å². The molecule has 1 atom stereocenters. The van der Waals surface area contributed by atoms with Crippen molar-refractivity contribution in [3.63, 3.8) is 0 Å². The maximum atomic E-state index is 12.4. The van der Waals surface area contributed by atoms with Gasteiger partial charge in [-0.2, -0.15) is 11.8 Å². The minimum Gasteiger partial charge on any atom is -0.392 e. The van der Waals surface area contributed by atoms with Crippen LogP contribution in [0, 0.1) is 0 Å². The van der Waals surface area contributed by atoms with E-state index in [0.717, 1.165) is 23.5 Å². The van der Waals surface area contributed by atoms with Gasteiger partial charge in [-0.25, -0.2) is 13.1 Å². The maximum Gasteiger partial charge on any atom is 0.241 e. The topological polar surface area (TPSA) is 66.4 Å². The van der Waals surface area contributed by atoms with Gasteiger partial charge in [0.2, 0.25) is 10.0 Å². The molecule has 2 N–H and O–H groups in total. The third-order valence-electron chi connectivity index (χ3n) is 3.24. The Morgan fingerprint density at radius 2 is 2.26 bits per heavy atom. The molecule has 4 nitrogen and oxygen atoms in total. The highest BCUT2D eigenvalue weighted by Gasteiger charge is 2.25. The molecule has 1 aromatic rings. The molecule has 0 bridgehead atoms. The Labute approximate surface area is 118 Å². The first-order valence-corrected chi connectivity index (χ1v) is 9.03. The minimum atomic E-state index is -3.49. The zero-order valence-corrected chi connectivity index (χ0v) is 12.6. The molecule has 0 radical (unpaired) electrons. The summed E-state index contributed by atoms with van der Waals surface area (Å²) < 4.78 is 27.6. The molecule has 1 aliphatic heterocycles. The number of hydrogen-bond acceptors (Lipinski definition) is 4. The Bertz CT molecular complexity index is 537. The summed E-state index contributed by atoms with van der Waals surface area (Å²) in [5, 5.41) is 9.16. The van der Waals surface area contributed by atoms with Crippen LogP contribution in [0.2, 0.25) is 0 Å². The predicted molar refractivity (Wildman–Crippen MR) is 77.8 cm³/mol. The Morgan fingerprint density at radius 1 is 1.47 bits per heavy atom. The second kappa shape index (κ2) is 6.26. The lowest BCUT2D eigenvalue weighted by Gasteiger charge is -2.15. The van der Waals surface area contributed by atoms with Gasteiger partial charge in [-0.1, -0.05) is 19.1 Å². The van der Waals surface area contributed by atoms with Gasteiger partial charge < -0.3 is 5.11 Å². The van der Waals surface area contributed by atoms with E-state index in [1.165, 1.54) is 0 Å². The van der Waals surface area contributed by atoms with Crippen molar-refractivity contribution < 1.29 is 13.5 Å². The Morgan fingerprint density at radius 3 is 2.84 bits per heavy atom. The van der Waals surface area contributed by atoms with Crippen LogP contribution in [-0.2, 0) is 23.1 Å². The van der Waals surface area contributed by atoms with Crippen LogP contribution < -0.4 is 4.72 Å². The first-order valence-electron chi connectivity index (χ1n) is 6.39. The van der Waals surface area contributed by atoms with Crippen molar-refractivity contribution >= 4 is 21.8 Å². The second-order valence-electron chi connectivity index (χ2n) is 4.64. The van der Waals surface area contributed by atoms with E-state index < -0.39 is 10.0 Å². The lowest BCUT2D eigenvalue weighted by molar-refractivity contribution is 0.281. The summed E-state index contributed by atoms with van der Waals surface area (Å²) in [5.74, 6) is 1.84. The standard InChI is InChI=1S/C13H19NO3S2/c1-2-11-4-3-10(8-15)7-13(11)19(16,17)14-12-5-6-18-9-12/h3-4,7,12,14-15H,2,5-6,8-9H2,1H3. The molecular formula is C13H19NO3S2. The highest BCUT2D eigenvalue weighted by Crippen LogP contribution is 2.22. The summed E-state index contributed by atoms with van der Waals surface area (Å²) in [5.41, 5.74) is 1.41. The highest BCUT2D eigenvalue weighted by atomic mass is 32.2. The van der Waals surface area contributed by atoms with Crippen LogP contribution in [-0.4, -0.2) is 31.1 Å². The number of benzene rings is 1. The summed E-state index contributed by atoms with van der Waals surface area (Å²) in [6, 6.07) is 5.15. The van der Waals surface area contributed by atoms with E-state index >= 15 is 0 Å². The Kier molecular flexibility index (Phi) is 4.89. The Balaban J connectivity index is 2.32. The van der Waals surface area contributed by atoms with Crippen LogP contribution in [0.4, 0.5) is 0 Å². The number of sulfonamides is 1. The number of rotatable bonds is 5. The van der Waals surface area contributed by atoms with Crippen molar-refractivity contribution in [2.24, 2.45) is 0 Å². The van der Waals surface area contributed by atoms with Gasteiger partial charge in [0.1, 0.15) is 0 Å². The molecule has 1 saturated heterocycles. The molecule has 1 aromatic carbocycles. The third kappa shape index (κ3) is 3.51. The zero-order chi connectivity index (χ0) is 13.9. The van der Waals surface area contributed by atoms with Gasteiger partial charge in [0.25, 0.3) is 0 Å². The van der Waals surface area contributed by atoms with Gasteiger partial charge in [0, 0.05) is 11.8 Å². The lowest BCUT2D eigenvalue weighted by Crippen LogP contribution is -2.35. The summed E-state index contributed by atoms with van der Waals surface area (Å²) >= 11 is 1.77. The molecule has 19 heavy (non-hydrogen) atoms. The quantitative estimate of drug-likeness (QED) is 0.865.